The molecule has 0 fully saturated rings. The van der Waals surface area contributed by atoms with E-state index < -0.39 is 0 Å². The molecule has 0 bridgehead atoms. The van der Waals surface area contributed by atoms with E-state index in [2.05, 4.69) is 26.7 Å². The third-order valence-electron chi connectivity index (χ3n) is 2.68. The van der Waals surface area contributed by atoms with Crippen molar-refractivity contribution in [1.82, 2.24) is 15.3 Å². The predicted octanol–water partition coefficient (Wildman–Crippen LogP) is 2.23. The summed E-state index contributed by atoms with van der Waals surface area (Å²) in [6, 6.07) is 9.10. The minimum Gasteiger partial charge on any atom is -0.351 e. The molecule has 6 nitrogen and oxygen atoms in total. The second-order valence-corrected chi connectivity index (χ2v) is 4.36. The number of nitriles is 1. The quantitative estimate of drug-likeness (QED) is 0.877. The fourth-order valence-corrected chi connectivity index (χ4v) is 1.65. The molecule has 0 saturated carbocycles. The standard InChI is InChI=1S/C15H15N5O/c1-2-6-17-15(21)13-9-19-14(10-18-13)20-12-5-3-4-11(7-12)8-16/h3-5,7,9-10H,2,6H2,1H3,(H,17,21)(H,19,20). The molecule has 2 aromatic rings. The van der Waals surface area contributed by atoms with Crippen LogP contribution in [0.5, 0.6) is 0 Å². The summed E-state index contributed by atoms with van der Waals surface area (Å²) < 4.78 is 0. The van der Waals surface area contributed by atoms with Crippen molar-refractivity contribution in [2.24, 2.45) is 0 Å². The van der Waals surface area contributed by atoms with Crippen molar-refractivity contribution in [2.45, 2.75) is 13.3 Å². The number of carbonyl (C=O) groups is 1. The Morgan fingerprint density at radius 2 is 2.19 bits per heavy atom. The van der Waals surface area contributed by atoms with Crippen LogP contribution in [0.4, 0.5) is 11.5 Å². The first-order valence-corrected chi connectivity index (χ1v) is 6.60. The normalized spacial score (nSPS) is 9.71. The molecule has 21 heavy (non-hydrogen) atoms. The third-order valence-corrected chi connectivity index (χ3v) is 2.68. The third kappa shape index (κ3) is 4.01. The van der Waals surface area contributed by atoms with Gasteiger partial charge in [-0.25, -0.2) is 9.97 Å². The van der Waals surface area contributed by atoms with E-state index in [9.17, 15) is 4.79 Å². The van der Waals surface area contributed by atoms with Crippen molar-refractivity contribution in [1.29, 1.82) is 5.26 Å². The van der Waals surface area contributed by atoms with Crippen molar-refractivity contribution in [3.63, 3.8) is 0 Å². The van der Waals surface area contributed by atoms with Gasteiger partial charge in [-0.1, -0.05) is 13.0 Å². The Bertz CT molecular complexity index is 661. The van der Waals surface area contributed by atoms with Crippen LogP contribution < -0.4 is 10.6 Å². The van der Waals surface area contributed by atoms with E-state index in [0.717, 1.165) is 12.1 Å². The molecule has 6 heteroatoms. The molecule has 1 aromatic heterocycles. The summed E-state index contributed by atoms with van der Waals surface area (Å²) in [5.41, 5.74) is 1.58. The first-order valence-electron chi connectivity index (χ1n) is 6.60. The summed E-state index contributed by atoms with van der Waals surface area (Å²) in [6.45, 7) is 2.59. The van der Waals surface area contributed by atoms with Gasteiger partial charge in [-0.15, -0.1) is 0 Å². The lowest BCUT2D eigenvalue weighted by Crippen LogP contribution is -2.25. The predicted molar refractivity (Wildman–Crippen MR) is 79.1 cm³/mol. The van der Waals surface area contributed by atoms with Crippen LogP contribution in [-0.4, -0.2) is 22.4 Å². The maximum absolute atomic E-state index is 11.7. The van der Waals surface area contributed by atoms with Crippen molar-refractivity contribution in [2.75, 3.05) is 11.9 Å². The zero-order valence-corrected chi connectivity index (χ0v) is 11.6. The Labute approximate surface area is 122 Å². The Hall–Kier alpha value is -2.94. The van der Waals surface area contributed by atoms with Gasteiger partial charge < -0.3 is 10.6 Å². The van der Waals surface area contributed by atoms with Crippen LogP contribution in [0.3, 0.4) is 0 Å². The number of nitrogens with one attached hydrogen (secondary N) is 2. The second kappa shape index (κ2) is 7.01. The molecule has 0 aliphatic heterocycles. The lowest BCUT2D eigenvalue weighted by molar-refractivity contribution is 0.0948. The molecular weight excluding hydrogens is 266 g/mol. The lowest BCUT2D eigenvalue weighted by atomic mass is 10.2. The van der Waals surface area contributed by atoms with E-state index in [1.807, 2.05) is 13.0 Å². The van der Waals surface area contributed by atoms with E-state index in [0.29, 0.717) is 17.9 Å². The summed E-state index contributed by atoms with van der Waals surface area (Å²) in [6.07, 6.45) is 3.77. The highest BCUT2D eigenvalue weighted by atomic mass is 16.1. The number of nitrogens with zero attached hydrogens (tertiary/aromatic N) is 3. The zero-order valence-electron chi connectivity index (χ0n) is 11.6. The molecule has 2 rings (SSSR count). The molecule has 0 aliphatic rings. The molecule has 0 atom stereocenters. The Kier molecular flexibility index (Phi) is 4.83. The second-order valence-electron chi connectivity index (χ2n) is 4.36. The molecule has 2 N–H and O–H groups in total. The van der Waals surface area contributed by atoms with E-state index in [1.165, 1.54) is 12.4 Å². The largest absolute Gasteiger partial charge is 0.351 e. The van der Waals surface area contributed by atoms with Crippen molar-refractivity contribution >= 4 is 17.4 Å². The summed E-state index contributed by atoms with van der Waals surface area (Å²) in [5, 5.41) is 14.6. The van der Waals surface area contributed by atoms with Gasteiger partial charge in [-0.2, -0.15) is 5.26 Å². The number of anilines is 2. The van der Waals surface area contributed by atoms with Gasteiger partial charge in [0.1, 0.15) is 11.5 Å². The SMILES string of the molecule is CCCNC(=O)c1cnc(Nc2cccc(C#N)c2)cn1. The Balaban J connectivity index is 2.05. The lowest BCUT2D eigenvalue weighted by Gasteiger charge is -2.06. The van der Waals surface area contributed by atoms with Crippen LogP contribution in [0.2, 0.25) is 0 Å². The van der Waals surface area contributed by atoms with E-state index >= 15 is 0 Å². The van der Waals surface area contributed by atoms with Crippen LogP contribution in [0.25, 0.3) is 0 Å². The number of benzene rings is 1. The number of aromatic nitrogens is 2. The average Bonchev–Trinajstić information content (AvgIpc) is 2.53. The number of hydrogen-bond acceptors (Lipinski definition) is 5. The maximum Gasteiger partial charge on any atom is 0.271 e. The van der Waals surface area contributed by atoms with Gasteiger partial charge in [-0.3, -0.25) is 4.79 Å². The fourth-order valence-electron chi connectivity index (χ4n) is 1.65. The monoisotopic (exact) mass is 281 g/mol. The van der Waals surface area contributed by atoms with Gasteiger partial charge in [0.25, 0.3) is 5.91 Å². The minimum absolute atomic E-state index is 0.234. The first-order chi connectivity index (χ1) is 10.2. The average molecular weight is 281 g/mol. The van der Waals surface area contributed by atoms with Crippen molar-refractivity contribution in [3.05, 3.63) is 47.9 Å². The van der Waals surface area contributed by atoms with Crippen LogP contribution in [0.15, 0.2) is 36.7 Å². The first kappa shape index (κ1) is 14.5. The van der Waals surface area contributed by atoms with Gasteiger partial charge >= 0.3 is 0 Å². The van der Waals surface area contributed by atoms with Crippen LogP contribution in [0, 0.1) is 11.3 Å². The van der Waals surface area contributed by atoms with E-state index in [4.69, 9.17) is 5.26 Å². The summed E-state index contributed by atoms with van der Waals surface area (Å²) in [5.74, 6) is 0.277. The topological polar surface area (TPSA) is 90.7 Å². The molecular formula is C15H15N5O. The fraction of sp³-hybridized carbons (Fsp3) is 0.200. The molecule has 0 aliphatic carbocycles. The number of carbonyl (C=O) groups excluding carboxylic acids is 1. The van der Waals surface area contributed by atoms with E-state index in [1.54, 1.807) is 18.2 Å². The summed E-state index contributed by atoms with van der Waals surface area (Å²) in [4.78, 5) is 19.9. The minimum atomic E-state index is -0.234. The Morgan fingerprint density at radius 1 is 1.33 bits per heavy atom. The molecule has 1 aromatic carbocycles. The summed E-state index contributed by atoms with van der Waals surface area (Å²) >= 11 is 0. The Morgan fingerprint density at radius 3 is 2.86 bits per heavy atom. The van der Waals surface area contributed by atoms with Crippen LogP contribution in [-0.2, 0) is 0 Å². The zero-order chi connectivity index (χ0) is 15.1. The molecule has 1 amide bonds. The maximum atomic E-state index is 11.7. The van der Waals surface area contributed by atoms with Crippen LogP contribution >= 0.6 is 0 Å². The highest BCUT2D eigenvalue weighted by Gasteiger charge is 2.07. The van der Waals surface area contributed by atoms with Gasteiger partial charge in [0.2, 0.25) is 0 Å². The smallest absolute Gasteiger partial charge is 0.271 e. The number of rotatable bonds is 5. The van der Waals surface area contributed by atoms with Crippen LogP contribution in [0.1, 0.15) is 29.4 Å². The van der Waals surface area contributed by atoms with Crippen molar-refractivity contribution in [3.8, 4) is 6.07 Å². The highest BCUT2D eigenvalue weighted by molar-refractivity contribution is 5.92. The highest BCUT2D eigenvalue weighted by Crippen LogP contribution is 2.14. The van der Waals surface area contributed by atoms with E-state index in [-0.39, 0.29) is 11.6 Å². The number of amides is 1. The number of hydrogen-bond donors (Lipinski definition) is 2. The molecule has 106 valence electrons. The molecule has 0 radical (unpaired) electrons. The molecule has 1 heterocycles. The molecule has 0 unspecified atom stereocenters. The van der Waals surface area contributed by atoms with Gasteiger partial charge in [0.05, 0.1) is 24.0 Å². The van der Waals surface area contributed by atoms with Gasteiger partial charge in [0.15, 0.2) is 0 Å². The summed E-state index contributed by atoms with van der Waals surface area (Å²) in [7, 11) is 0. The molecule has 0 spiro atoms. The van der Waals surface area contributed by atoms with Gasteiger partial charge in [0, 0.05) is 12.2 Å². The van der Waals surface area contributed by atoms with Crippen molar-refractivity contribution < 1.29 is 4.79 Å². The molecule has 0 saturated heterocycles. The van der Waals surface area contributed by atoms with Gasteiger partial charge in [-0.05, 0) is 24.6 Å².